The molecular weight excluding hydrogens is 1310 g/mol. The van der Waals surface area contributed by atoms with Crippen molar-refractivity contribution in [3.8, 4) is 80.1 Å². The number of primary amides is 3. The summed E-state index contributed by atoms with van der Waals surface area (Å²) in [5, 5.41) is 102. The molecule has 0 radical (unpaired) electrons. The Balaban J connectivity index is 1.14. The summed E-state index contributed by atoms with van der Waals surface area (Å²) in [5.41, 5.74) is 16.8. The SMILES string of the molecule is CN[C@@H](C(N)=O)c1ccc(O)c(Oc2cc(O)c(Cl)c([C@@H](C)C(=O)NC3C(=O)N[C@H]4C(=O)N[C@@H](Cc5ccc(c(Cl)c5)Oc5cc3cc(Oc3ccc(CC(C)C(N)=O)cc3)c5O)C(=O)NC(C(N)=O)c3cc(O)cc(OC5O[C@H](CO)C(O)C[C@@H]5O)c3-c3cc4ccc3O)c2)c1. The molecule has 11 rings (SSSR count). The number of halogens is 2. The summed E-state index contributed by atoms with van der Waals surface area (Å²) in [7, 11) is 1.48. The van der Waals surface area contributed by atoms with Crippen LogP contribution in [-0.2, 0) is 51.1 Å². The first-order valence-electron chi connectivity index (χ1n) is 30.0. The fourth-order valence-electron chi connectivity index (χ4n) is 11.3. The van der Waals surface area contributed by atoms with E-state index in [1.165, 1.54) is 86.8 Å². The molecule has 97 heavy (non-hydrogen) atoms. The zero-order valence-electron chi connectivity index (χ0n) is 51.6. The number of rotatable bonds is 17. The standard InChI is InChI=1S/C67H66Cl2N8O20/c1-27(60(70)86)14-29-4-9-35(10-5-29)93-50-19-33-20-51(59(50)85)95-47-13-6-30(15-40(47)68)16-41-64(90)77-58(62(72)88)39-21-34(79)22-49(96-67-46(84)25-44(82)52(26-78)97-67)53(39)38-17-31(7-11-42(38)80)56(65(91)74-41)76-66(92)57(33)75-63(89)28(2)37-23-36(24-45(83)54(37)69)94-48-18-32(8-12-43(48)81)55(73-3)61(71)87/h4-13,15,17-24,27-28,41,44,46,52,55-58,67,73,78-85H,14,16,25-26H2,1-3H3,(H2,70,86)(H2,71,87)(H2,72,88)(H,74,91)(H,75,89)(H,76,92)(H,77,90)/t27?,28-,41+,44?,46+,52-,55-,56-,57?,58?,67?/m1/s1. The van der Waals surface area contributed by atoms with Crippen LogP contribution in [0.15, 0.2) is 115 Å². The lowest BCUT2D eigenvalue weighted by Crippen LogP contribution is -2.54. The van der Waals surface area contributed by atoms with Gasteiger partial charge >= 0.3 is 0 Å². The van der Waals surface area contributed by atoms with Crippen molar-refractivity contribution in [3.05, 3.63) is 164 Å². The van der Waals surface area contributed by atoms with Gasteiger partial charge in [-0.1, -0.05) is 60.5 Å². The Kier molecular flexibility index (Phi) is 20.5. The Morgan fingerprint density at radius 3 is 2.10 bits per heavy atom. The maximum atomic E-state index is 15.9. The normalized spacial score (nSPS) is 20.9. The van der Waals surface area contributed by atoms with Gasteiger partial charge in [-0.2, -0.15) is 0 Å². The molecule has 4 heterocycles. The highest BCUT2D eigenvalue weighted by molar-refractivity contribution is 6.33. The lowest BCUT2D eigenvalue weighted by Gasteiger charge is -2.37. The number of likely N-dealkylation sites (N-methyl/N-ethyl adjacent to an activating group) is 1. The molecule has 30 heteroatoms. The summed E-state index contributed by atoms with van der Waals surface area (Å²) < 4.78 is 30.5. The summed E-state index contributed by atoms with van der Waals surface area (Å²) >= 11 is 13.7. The number of carbonyl (C=O) groups is 7. The fraction of sp³-hybridized carbons (Fsp3) is 0.269. The van der Waals surface area contributed by atoms with Crippen molar-refractivity contribution in [2.75, 3.05) is 13.7 Å². The second-order valence-corrected chi connectivity index (χ2v) is 24.2. The van der Waals surface area contributed by atoms with Crippen molar-refractivity contribution in [2.24, 2.45) is 23.1 Å². The number of phenolic OH excluding ortho intramolecular Hbond substituents is 5. The molecule has 7 aromatic carbocycles. The van der Waals surface area contributed by atoms with Crippen LogP contribution in [0.4, 0.5) is 0 Å². The maximum Gasteiger partial charge on any atom is 0.248 e. The molecule has 8 bridgehead atoms. The Morgan fingerprint density at radius 2 is 1.42 bits per heavy atom. The van der Waals surface area contributed by atoms with Crippen LogP contribution in [0.2, 0.25) is 10.0 Å². The number of fused-ring (bicyclic) bond motifs is 8. The lowest BCUT2D eigenvalue weighted by molar-refractivity contribution is -0.240. The molecule has 1 fully saturated rings. The van der Waals surface area contributed by atoms with Crippen LogP contribution in [0.3, 0.4) is 0 Å². The summed E-state index contributed by atoms with van der Waals surface area (Å²) in [4.78, 5) is 99.4. The summed E-state index contributed by atoms with van der Waals surface area (Å²) in [6, 6.07) is 15.9. The van der Waals surface area contributed by atoms with E-state index in [2.05, 4.69) is 26.6 Å². The number of ether oxygens (including phenoxy) is 5. The molecule has 0 aromatic heterocycles. The van der Waals surface area contributed by atoms with E-state index in [0.717, 1.165) is 30.3 Å². The minimum Gasteiger partial charge on any atom is -0.508 e. The number of nitrogens with one attached hydrogen (secondary N) is 5. The van der Waals surface area contributed by atoms with Gasteiger partial charge in [0.25, 0.3) is 0 Å². The fourth-order valence-corrected chi connectivity index (χ4v) is 11.9. The van der Waals surface area contributed by atoms with Crippen LogP contribution >= 0.6 is 23.2 Å². The van der Waals surface area contributed by atoms with E-state index < -0.39 is 167 Å². The monoisotopic (exact) mass is 1370 g/mol. The van der Waals surface area contributed by atoms with E-state index in [9.17, 15) is 60.0 Å². The number of aliphatic hydroxyl groups is 3. The maximum absolute atomic E-state index is 15.9. The third kappa shape index (κ3) is 15.1. The second-order valence-electron chi connectivity index (χ2n) is 23.4. The van der Waals surface area contributed by atoms with Crippen LogP contribution < -0.4 is 62.7 Å². The van der Waals surface area contributed by atoms with E-state index in [4.69, 9.17) is 64.1 Å². The highest BCUT2D eigenvalue weighted by Crippen LogP contribution is 2.48. The van der Waals surface area contributed by atoms with E-state index in [0.29, 0.717) is 5.56 Å². The molecule has 5 unspecified atom stereocenters. The van der Waals surface area contributed by atoms with Gasteiger partial charge in [0, 0.05) is 42.0 Å². The van der Waals surface area contributed by atoms with Crippen LogP contribution in [-0.4, -0.2) is 127 Å². The second kappa shape index (κ2) is 28.8. The molecular formula is C67H66Cl2N8O20. The van der Waals surface area contributed by atoms with Crippen LogP contribution in [0.25, 0.3) is 11.1 Å². The van der Waals surface area contributed by atoms with E-state index in [1.807, 2.05) is 0 Å². The number of nitrogens with two attached hydrogens (primary N) is 3. The van der Waals surface area contributed by atoms with Crippen LogP contribution in [0, 0.1) is 5.92 Å². The van der Waals surface area contributed by atoms with E-state index in [-0.39, 0.29) is 90.4 Å². The number of phenols is 5. The number of carbonyl (C=O) groups excluding carboxylic acids is 7. The predicted octanol–water partition coefficient (Wildman–Crippen LogP) is 4.70. The van der Waals surface area contributed by atoms with Crippen molar-refractivity contribution in [3.63, 3.8) is 0 Å². The Morgan fingerprint density at radius 1 is 0.701 bits per heavy atom. The highest BCUT2D eigenvalue weighted by Gasteiger charge is 2.41. The van der Waals surface area contributed by atoms with E-state index in [1.54, 1.807) is 19.1 Å². The number of aliphatic hydroxyl groups excluding tert-OH is 3. The average molecular weight is 1370 g/mol. The van der Waals surface area contributed by atoms with Gasteiger partial charge in [0.05, 0.1) is 28.7 Å². The largest absolute Gasteiger partial charge is 0.508 e. The number of hydrogen-bond donors (Lipinski definition) is 16. The van der Waals surface area contributed by atoms with Gasteiger partial charge in [0.15, 0.2) is 23.0 Å². The summed E-state index contributed by atoms with van der Waals surface area (Å²) in [6.07, 6.45) is -6.54. The van der Waals surface area contributed by atoms with Gasteiger partial charge in [0.2, 0.25) is 53.4 Å². The summed E-state index contributed by atoms with van der Waals surface area (Å²) in [5.74, 6) is -13.7. The van der Waals surface area contributed by atoms with Gasteiger partial charge in [-0.15, -0.1) is 0 Å². The minimum absolute atomic E-state index is 0.0955. The molecule has 508 valence electrons. The highest BCUT2D eigenvalue weighted by atomic mass is 35.5. The summed E-state index contributed by atoms with van der Waals surface area (Å²) in [6.45, 7) is 2.25. The molecule has 28 nitrogen and oxygen atoms in total. The third-order valence-electron chi connectivity index (χ3n) is 16.6. The molecule has 19 N–H and O–H groups in total. The Bertz CT molecular complexity index is 4280. The van der Waals surface area contributed by atoms with Crippen LogP contribution in [0.1, 0.15) is 89.3 Å². The van der Waals surface area contributed by atoms with Gasteiger partial charge in [-0.25, -0.2) is 0 Å². The quantitative estimate of drug-likeness (QED) is 0.0587. The number of amides is 7. The smallest absolute Gasteiger partial charge is 0.248 e. The molecule has 0 saturated carbocycles. The average Bonchev–Trinajstić information content (AvgIpc) is 0.756. The molecule has 7 amide bonds. The zero-order chi connectivity index (χ0) is 70.0. The third-order valence-corrected chi connectivity index (χ3v) is 17.3. The first-order chi connectivity index (χ1) is 46.1. The molecule has 4 aliphatic heterocycles. The van der Waals surface area contributed by atoms with Crippen molar-refractivity contribution >= 4 is 64.6 Å². The molecule has 1 saturated heterocycles. The predicted molar refractivity (Wildman–Crippen MR) is 345 cm³/mol. The topological polar surface area (TPSA) is 466 Å². The minimum atomic E-state index is -2.03. The van der Waals surface area contributed by atoms with E-state index >= 15 is 14.4 Å². The Labute approximate surface area is 561 Å². The first-order valence-corrected chi connectivity index (χ1v) is 30.7. The van der Waals surface area contributed by atoms with Crippen molar-refractivity contribution in [1.29, 1.82) is 0 Å². The first kappa shape index (κ1) is 69.2. The van der Waals surface area contributed by atoms with Crippen LogP contribution in [0.5, 0.6) is 69.0 Å². The molecule has 11 atom stereocenters. The zero-order valence-corrected chi connectivity index (χ0v) is 53.1. The van der Waals surface area contributed by atoms with Gasteiger partial charge in [0.1, 0.15) is 82.7 Å². The Hall–Kier alpha value is -10.6. The van der Waals surface area contributed by atoms with Gasteiger partial charge in [-0.05, 0) is 132 Å². The number of aromatic hydroxyl groups is 5. The molecule has 0 aliphatic carbocycles. The lowest BCUT2D eigenvalue weighted by atomic mass is 9.89. The van der Waals surface area contributed by atoms with Crippen molar-refractivity contribution in [2.45, 2.75) is 93.8 Å². The molecule has 4 aliphatic rings. The molecule has 0 spiro atoms. The van der Waals surface area contributed by atoms with Gasteiger partial charge in [-0.3, -0.25) is 33.6 Å². The number of benzene rings is 7. The molecule has 7 aromatic rings. The van der Waals surface area contributed by atoms with Crippen molar-refractivity contribution in [1.82, 2.24) is 26.6 Å². The van der Waals surface area contributed by atoms with Crippen molar-refractivity contribution < 1.29 is 98.1 Å². The number of hydrogen-bond acceptors (Lipinski definition) is 21. The van der Waals surface area contributed by atoms with Gasteiger partial charge < -0.3 is 108 Å².